The summed E-state index contributed by atoms with van der Waals surface area (Å²) < 4.78 is 33.5. The third-order valence-electron chi connectivity index (χ3n) is 2.70. The summed E-state index contributed by atoms with van der Waals surface area (Å²) >= 11 is 0. The number of alkyl halides is 2. The number of benzene rings is 1. The van der Waals surface area contributed by atoms with Gasteiger partial charge in [-0.15, -0.1) is 0 Å². The van der Waals surface area contributed by atoms with E-state index in [1.807, 2.05) is 0 Å². The van der Waals surface area contributed by atoms with Gasteiger partial charge in [0.05, 0.1) is 12.0 Å². The second-order valence-electron chi connectivity index (χ2n) is 5.71. The number of hydrogen-bond donors (Lipinski definition) is 1. The van der Waals surface area contributed by atoms with E-state index in [-0.39, 0.29) is 5.75 Å². The fraction of sp³-hybridized carbons (Fsp3) is 0.533. The average Bonchev–Trinajstić information content (AvgIpc) is 2.35. The lowest BCUT2D eigenvalue weighted by Crippen LogP contribution is -2.30. The lowest BCUT2D eigenvalue weighted by Gasteiger charge is -2.24. The highest BCUT2D eigenvalue weighted by Gasteiger charge is 2.28. The Hall–Kier alpha value is -1.69. The van der Waals surface area contributed by atoms with Crippen molar-refractivity contribution in [3.05, 3.63) is 29.8 Å². The van der Waals surface area contributed by atoms with Gasteiger partial charge in [0.25, 0.3) is 0 Å². The van der Waals surface area contributed by atoms with Crippen LogP contribution in [0.4, 0.5) is 8.78 Å². The van der Waals surface area contributed by atoms with Crippen LogP contribution in [0.25, 0.3) is 0 Å². The van der Waals surface area contributed by atoms with Crippen molar-refractivity contribution in [1.82, 2.24) is 0 Å². The first kappa shape index (κ1) is 17.4. The third-order valence-corrected chi connectivity index (χ3v) is 2.70. The minimum Gasteiger partial charge on any atom is -0.460 e. The SMILES string of the molecule is CC(C(=O)OC(C)(C)C)C(O)c1ccc(OC(F)F)cc1. The number of esters is 1. The van der Waals surface area contributed by atoms with Crippen LogP contribution in [0, 0.1) is 5.92 Å². The summed E-state index contributed by atoms with van der Waals surface area (Å²) in [6.07, 6.45) is -1.08. The van der Waals surface area contributed by atoms with Gasteiger partial charge in [-0.3, -0.25) is 4.79 Å². The highest BCUT2D eigenvalue weighted by molar-refractivity contribution is 5.73. The van der Waals surface area contributed by atoms with Gasteiger partial charge < -0.3 is 14.6 Å². The number of hydrogen-bond acceptors (Lipinski definition) is 4. The van der Waals surface area contributed by atoms with Crippen LogP contribution in [0.15, 0.2) is 24.3 Å². The van der Waals surface area contributed by atoms with E-state index in [1.165, 1.54) is 24.3 Å². The van der Waals surface area contributed by atoms with E-state index in [0.29, 0.717) is 5.56 Å². The molecule has 4 nitrogen and oxygen atoms in total. The van der Waals surface area contributed by atoms with Crippen LogP contribution in [0.1, 0.15) is 39.4 Å². The van der Waals surface area contributed by atoms with E-state index in [9.17, 15) is 18.7 Å². The Kier molecular flexibility index (Phi) is 5.66. The molecule has 1 aromatic carbocycles. The van der Waals surface area contributed by atoms with Crippen LogP contribution in [-0.4, -0.2) is 23.3 Å². The van der Waals surface area contributed by atoms with E-state index < -0.39 is 30.2 Å². The summed E-state index contributed by atoms with van der Waals surface area (Å²) in [6.45, 7) is 3.85. The van der Waals surface area contributed by atoms with Gasteiger partial charge in [0.2, 0.25) is 0 Å². The Morgan fingerprint density at radius 1 is 1.19 bits per heavy atom. The second-order valence-corrected chi connectivity index (χ2v) is 5.71. The van der Waals surface area contributed by atoms with E-state index in [0.717, 1.165) is 0 Å². The molecule has 0 heterocycles. The fourth-order valence-corrected chi connectivity index (χ4v) is 1.66. The van der Waals surface area contributed by atoms with Crippen molar-refractivity contribution >= 4 is 5.97 Å². The number of halogens is 2. The van der Waals surface area contributed by atoms with Gasteiger partial charge >= 0.3 is 12.6 Å². The summed E-state index contributed by atoms with van der Waals surface area (Å²) in [7, 11) is 0. The minimum atomic E-state index is -2.90. The van der Waals surface area contributed by atoms with Crippen LogP contribution in [-0.2, 0) is 9.53 Å². The van der Waals surface area contributed by atoms with Crippen LogP contribution in [0.2, 0.25) is 0 Å². The molecular weight excluding hydrogens is 282 g/mol. The molecule has 0 saturated carbocycles. The van der Waals surface area contributed by atoms with Crippen molar-refractivity contribution in [2.75, 3.05) is 0 Å². The predicted octanol–water partition coefficient (Wildman–Crippen LogP) is 3.30. The maximum absolute atomic E-state index is 12.0. The number of carbonyl (C=O) groups is 1. The fourth-order valence-electron chi connectivity index (χ4n) is 1.66. The average molecular weight is 302 g/mol. The highest BCUT2D eigenvalue weighted by atomic mass is 19.3. The first-order valence-electron chi connectivity index (χ1n) is 6.56. The molecule has 2 atom stereocenters. The van der Waals surface area contributed by atoms with Gasteiger partial charge in [0.15, 0.2) is 0 Å². The monoisotopic (exact) mass is 302 g/mol. The third kappa shape index (κ3) is 5.67. The predicted molar refractivity (Wildman–Crippen MR) is 73.0 cm³/mol. The number of ether oxygens (including phenoxy) is 2. The van der Waals surface area contributed by atoms with Crippen LogP contribution >= 0.6 is 0 Å². The lowest BCUT2D eigenvalue weighted by atomic mass is 9.97. The molecular formula is C15H20F2O4. The molecule has 6 heteroatoms. The smallest absolute Gasteiger partial charge is 0.387 e. The quantitative estimate of drug-likeness (QED) is 0.848. The van der Waals surface area contributed by atoms with Gasteiger partial charge in [0.1, 0.15) is 11.4 Å². The summed E-state index contributed by atoms with van der Waals surface area (Å²) in [5, 5.41) is 10.1. The number of aliphatic hydroxyl groups excluding tert-OH is 1. The molecule has 0 spiro atoms. The molecule has 0 bridgehead atoms. The van der Waals surface area contributed by atoms with Crippen molar-refractivity contribution in [3.8, 4) is 5.75 Å². The van der Waals surface area contributed by atoms with Gasteiger partial charge in [-0.2, -0.15) is 8.78 Å². The normalized spacial score (nSPS) is 14.7. The first-order valence-corrected chi connectivity index (χ1v) is 6.56. The summed E-state index contributed by atoms with van der Waals surface area (Å²) in [5.74, 6) is -1.31. The van der Waals surface area contributed by atoms with Gasteiger partial charge in [-0.25, -0.2) is 0 Å². The van der Waals surface area contributed by atoms with Crippen molar-refractivity contribution in [3.63, 3.8) is 0 Å². The molecule has 0 radical (unpaired) electrons. The van der Waals surface area contributed by atoms with E-state index in [4.69, 9.17) is 4.74 Å². The zero-order chi connectivity index (χ0) is 16.2. The molecule has 0 saturated heterocycles. The van der Waals surface area contributed by atoms with Crippen molar-refractivity contribution in [2.45, 2.75) is 46.0 Å². The maximum atomic E-state index is 12.0. The van der Waals surface area contributed by atoms with Gasteiger partial charge in [0, 0.05) is 0 Å². The molecule has 1 N–H and O–H groups in total. The van der Waals surface area contributed by atoms with Crippen molar-refractivity contribution in [2.24, 2.45) is 5.92 Å². The molecule has 21 heavy (non-hydrogen) atoms. The standard InChI is InChI=1S/C15H20F2O4/c1-9(13(19)21-15(2,3)4)12(18)10-5-7-11(8-6-10)20-14(16)17/h5-9,12,14,18H,1-4H3. The maximum Gasteiger partial charge on any atom is 0.387 e. The van der Waals surface area contributed by atoms with Gasteiger partial charge in [-0.1, -0.05) is 12.1 Å². The summed E-state index contributed by atoms with van der Waals surface area (Å²) in [5.41, 5.74) is -0.213. The number of aliphatic hydroxyl groups is 1. The Morgan fingerprint density at radius 2 is 1.71 bits per heavy atom. The number of carbonyl (C=O) groups excluding carboxylic acids is 1. The van der Waals surface area contributed by atoms with Crippen molar-refractivity contribution in [1.29, 1.82) is 0 Å². The topological polar surface area (TPSA) is 55.8 Å². The largest absolute Gasteiger partial charge is 0.460 e. The zero-order valence-corrected chi connectivity index (χ0v) is 12.5. The molecule has 0 aliphatic rings. The Labute approximate surface area is 122 Å². The van der Waals surface area contributed by atoms with E-state index >= 15 is 0 Å². The van der Waals surface area contributed by atoms with Crippen LogP contribution in [0.5, 0.6) is 5.75 Å². The van der Waals surface area contributed by atoms with Gasteiger partial charge in [-0.05, 0) is 45.4 Å². The molecule has 1 aromatic rings. The molecule has 2 unspecified atom stereocenters. The molecule has 118 valence electrons. The summed E-state index contributed by atoms with van der Waals surface area (Å²) in [4.78, 5) is 11.9. The zero-order valence-electron chi connectivity index (χ0n) is 12.5. The Morgan fingerprint density at radius 3 is 2.14 bits per heavy atom. The molecule has 0 fully saturated rings. The van der Waals surface area contributed by atoms with Crippen LogP contribution in [0.3, 0.4) is 0 Å². The van der Waals surface area contributed by atoms with Crippen molar-refractivity contribution < 1.29 is 28.2 Å². The molecule has 0 aliphatic heterocycles. The second kappa shape index (κ2) is 6.85. The Balaban J connectivity index is 2.74. The van der Waals surface area contributed by atoms with Crippen LogP contribution < -0.4 is 4.74 Å². The summed E-state index contributed by atoms with van der Waals surface area (Å²) in [6, 6.07) is 5.49. The lowest BCUT2D eigenvalue weighted by molar-refractivity contribution is -0.163. The highest BCUT2D eigenvalue weighted by Crippen LogP contribution is 2.26. The Bertz CT molecular complexity index is 466. The van der Waals surface area contributed by atoms with E-state index in [2.05, 4.69) is 4.74 Å². The molecule has 1 rings (SSSR count). The minimum absolute atomic E-state index is 0.00845. The number of rotatable bonds is 5. The van der Waals surface area contributed by atoms with E-state index in [1.54, 1.807) is 27.7 Å². The molecule has 0 amide bonds. The first-order chi connectivity index (χ1) is 9.60. The molecule has 0 aliphatic carbocycles. The molecule has 0 aromatic heterocycles.